The molecule has 0 aromatic rings. The van der Waals surface area contributed by atoms with E-state index in [1.807, 2.05) is 0 Å². The summed E-state index contributed by atoms with van der Waals surface area (Å²) < 4.78 is 0. The summed E-state index contributed by atoms with van der Waals surface area (Å²) in [6.07, 6.45) is 7.58. The van der Waals surface area contributed by atoms with Crippen LogP contribution in [-0.2, 0) is 0 Å². The van der Waals surface area contributed by atoms with Gasteiger partial charge in [-0.2, -0.15) is 0 Å². The Bertz CT molecular complexity index is 207. The van der Waals surface area contributed by atoms with E-state index in [1.165, 1.54) is 32.1 Å². The minimum Gasteiger partial charge on any atom is -0.370 e. The molecule has 0 aromatic heterocycles. The predicted molar refractivity (Wildman–Crippen MR) is 69.7 cm³/mol. The molecular formula is C12H26N4. The first-order valence-electron chi connectivity index (χ1n) is 6.39. The van der Waals surface area contributed by atoms with Gasteiger partial charge in [0, 0.05) is 12.6 Å². The lowest BCUT2D eigenvalue weighted by Gasteiger charge is -2.23. The van der Waals surface area contributed by atoms with Crippen LogP contribution in [0.5, 0.6) is 0 Å². The van der Waals surface area contributed by atoms with Gasteiger partial charge in [0.25, 0.3) is 0 Å². The van der Waals surface area contributed by atoms with Crippen LogP contribution in [0.15, 0.2) is 4.99 Å². The van der Waals surface area contributed by atoms with E-state index in [0.717, 1.165) is 19.5 Å². The topological polar surface area (TPSA) is 53.6 Å². The third-order valence-electron chi connectivity index (χ3n) is 3.00. The Hall–Kier alpha value is -0.770. The molecule has 0 aliphatic heterocycles. The highest BCUT2D eigenvalue weighted by Crippen LogP contribution is 2.16. The van der Waals surface area contributed by atoms with Crippen molar-refractivity contribution in [3.63, 3.8) is 0 Å². The van der Waals surface area contributed by atoms with Gasteiger partial charge >= 0.3 is 0 Å². The van der Waals surface area contributed by atoms with E-state index in [9.17, 15) is 0 Å². The van der Waals surface area contributed by atoms with E-state index in [-0.39, 0.29) is 0 Å². The van der Waals surface area contributed by atoms with Crippen molar-refractivity contribution in [2.45, 2.75) is 44.6 Å². The molecule has 0 aromatic carbocycles. The third-order valence-corrected chi connectivity index (χ3v) is 3.00. The largest absolute Gasteiger partial charge is 0.370 e. The Labute approximate surface area is 99.3 Å². The van der Waals surface area contributed by atoms with Gasteiger partial charge in [-0.15, -0.1) is 0 Å². The lowest BCUT2D eigenvalue weighted by Crippen LogP contribution is -2.41. The summed E-state index contributed by atoms with van der Waals surface area (Å²) in [6.45, 7) is 1.89. The third kappa shape index (κ3) is 5.95. The van der Waals surface area contributed by atoms with Crippen molar-refractivity contribution in [3.8, 4) is 0 Å². The molecule has 0 heterocycles. The van der Waals surface area contributed by atoms with Crippen LogP contribution in [0.3, 0.4) is 0 Å². The van der Waals surface area contributed by atoms with Crippen molar-refractivity contribution in [2.75, 3.05) is 27.2 Å². The van der Waals surface area contributed by atoms with Crippen molar-refractivity contribution < 1.29 is 0 Å². The Kier molecular flexibility index (Phi) is 6.23. The molecule has 0 spiro atoms. The SMILES string of the molecule is CN(C)CCCN=C(N)NC1CCCCC1. The average molecular weight is 226 g/mol. The highest BCUT2D eigenvalue weighted by atomic mass is 15.1. The zero-order valence-corrected chi connectivity index (χ0v) is 10.7. The van der Waals surface area contributed by atoms with Crippen LogP contribution < -0.4 is 11.1 Å². The van der Waals surface area contributed by atoms with E-state index in [4.69, 9.17) is 5.73 Å². The second kappa shape index (κ2) is 7.49. The number of nitrogens with one attached hydrogen (secondary N) is 1. The molecule has 0 atom stereocenters. The zero-order valence-electron chi connectivity index (χ0n) is 10.7. The average Bonchev–Trinajstić information content (AvgIpc) is 2.25. The van der Waals surface area contributed by atoms with E-state index in [1.54, 1.807) is 0 Å². The fourth-order valence-electron chi connectivity index (χ4n) is 2.09. The standard InChI is InChI=1S/C12H26N4/c1-16(2)10-6-9-14-12(13)15-11-7-4-3-5-8-11/h11H,3-10H2,1-2H3,(H3,13,14,15). The Balaban J connectivity index is 2.12. The van der Waals surface area contributed by atoms with Crippen LogP contribution in [0, 0.1) is 0 Å². The number of guanidine groups is 1. The van der Waals surface area contributed by atoms with Gasteiger partial charge < -0.3 is 16.0 Å². The summed E-state index contributed by atoms with van der Waals surface area (Å²) in [6, 6.07) is 0.561. The monoisotopic (exact) mass is 226 g/mol. The normalized spacial score (nSPS) is 19.1. The summed E-state index contributed by atoms with van der Waals surface area (Å²) in [4.78, 5) is 6.51. The minimum atomic E-state index is 0.561. The quantitative estimate of drug-likeness (QED) is 0.420. The summed E-state index contributed by atoms with van der Waals surface area (Å²) in [5.74, 6) is 0.630. The molecule has 94 valence electrons. The maximum Gasteiger partial charge on any atom is 0.188 e. The van der Waals surface area contributed by atoms with Gasteiger partial charge in [0.15, 0.2) is 5.96 Å². The van der Waals surface area contributed by atoms with Crippen LogP contribution in [-0.4, -0.2) is 44.1 Å². The highest BCUT2D eigenvalue weighted by Gasteiger charge is 2.12. The molecular weight excluding hydrogens is 200 g/mol. The number of rotatable bonds is 5. The molecule has 4 nitrogen and oxygen atoms in total. The van der Waals surface area contributed by atoms with Crippen molar-refractivity contribution >= 4 is 5.96 Å². The van der Waals surface area contributed by atoms with Crippen LogP contribution in [0.2, 0.25) is 0 Å². The molecule has 1 aliphatic carbocycles. The van der Waals surface area contributed by atoms with Crippen molar-refractivity contribution in [2.24, 2.45) is 10.7 Å². The Morgan fingerprint density at radius 1 is 1.31 bits per heavy atom. The predicted octanol–water partition coefficient (Wildman–Crippen LogP) is 1.18. The zero-order chi connectivity index (χ0) is 11.8. The van der Waals surface area contributed by atoms with Crippen molar-refractivity contribution in [1.82, 2.24) is 10.2 Å². The van der Waals surface area contributed by atoms with Gasteiger partial charge in [-0.3, -0.25) is 4.99 Å². The van der Waals surface area contributed by atoms with Crippen LogP contribution in [0.25, 0.3) is 0 Å². The lowest BCUT2D eigenvalue weighted by molar-refractivity contribution is 0.401. The molecule has 1 fully saturated rings. The molecule has 1 saturated carbocycles. The van der Waals surface area contributed by atoms with Gasteiger partial charge in [0.05, 0.1) is 0 Å². The fraction of sp³-hybridized carbons (Fsp3) is 0.917. The van der Waals surface area contributed by atoms with E-state index < -0.39 is 0 Å². The first-order valence-corrected chi connectivity index (χ1v) is 6.39. The Morgan fingerprint density at radius 2 is 2.00 bits per heavy atom. The van der Waals surface area contributed by atoms with E-state index >= 15 is 0 Å². The molecule has 1 aliphatic rings. The van der Waals surface area contributed by atoms with Crippen LogP contribution >= 0.6 is 0 Å². The number of nitrogens with zero attached hydrogens (tertiary/aromatic N) is 2. The molecule has 0 unspecified atom stereocenters. The first kappa shape index (κ1) is 13.3. The summed E-state index contributed by atoms with van der Waals surface area (Å²) in [7, 11) is 4.15. The highest BCUT2D eigenvalue weighted by molar-refractivity contribution is 5.78. The van der Waals surface area contributed by atoms with Crippen LogP contribution in [0.4, 0.5) is 0 Å². The minimum absolute atomic E-state index is 0.561. The second-order valence-electron chi connectivity index (χ2n) is 4.90. The van der Waals surface area contributed by atoms with Gasteiger partial charge in [0.1, 0.15) is 0 Å². The van der Waals surface area contributed by atoms with Gasteiger partial charge in [-0.25, -0.2) is 0 Å². The van der Waals surface area contributed by atoms with Gasteiger partial charge in [-0.05, 0) is 39.9 Å². The van der Waals surface area contributed by atoms with E-state index in [2.05, 4.69) is 29.3 Å². The molecule has 1 rings (SSSR count). The number of nitrogens with two attached hydrogens (primary N) is 1. The molecule has 3 N–H and O–H groups in total. The lowest BCUT2D eigenvalue weighted by atomic mass is 9.96. The maximum absolute atomic E-state index is 5.85. The number of hydrogen-bond donors (Lipinski definition) is 2. The summed E-state index contributed by atoms with van der Waals surface area (Å²) in [5, 5.41) is 3.32. The van der Waals surface area contributed by atoms with Crippen molar-refractivity contribution in [1.29, 1.82) is 0 Å². The number of aliphatic imine (C=N–C) groups is 1. The van der Waals surface area contributed by atoms with Gasteiger partial charge in [-0.1, -0.05) is 19.3 Å². The second-order valence-corrected chi connectivity index (χ2v) is 4.90. The molecule has 16 heavy (non-hydrogen) atoms. The smallest absolute Gasteiger partial charge is 0.188 e. The van der Waals surface area contributed by atoms with Crippen LogP contribution in [0.1, 0.15) is 38.5 Å². The summed E-state index contributed by atoms with van der Waals surface area (Å²) >= 11 is 0. The van der Waals surface area contributed by atoms with Crippen molar-refractivity contribution in [3.05, 3.63) is 0 Å². The molecule has 0 bridgehead atoms. The maximum atomic E-state index is 5.85. The first-order chi connectivity index (χ1) is 7.68. The number of hydrogen-bond acceptors (Lipinski definition) is 2. The molecule has 0 amide bonds. The fourth-order valence-corrected chi connectivity index (χ4v) is 2.09. The van der Waals surface area contributed by atoms with Gasteiger partial charge in [0.2, 0.25) is 0 Å². The molecule has 0 radical (unpaired) electrons. The van der Waals surface area contributed by atoms with E-state index in [0.29, 0.717) is 12.0 Å². The Morgan fingerprint density at radius 3 is 2.62 bits per heavy atom. The molecule has 0 saturated heterocycles. The molecule has 4 heteroatoms. The summed E-state index contributed by atoms with van der Waals surface area (Å²) in [5.41, 5.74) is 5.85.